The zero-order chi connectivity index (χ0) is 18.7. The zero-order valence-corrected chi connectivity index (χ0v) is 16.8. The normalized spacial score (nSPS) is 14.2. The van der Waals surface area contributed by atoms with Gasteiger partial charge in [0.15, 0.2) is 0 Å². The molecule has 0 saturated carbocycles. The molecule has 1 saturated heterocycles. The van der Waals surface area contributed by atoms with Crippen LogP contribution in [-0.2, 0) is 0 Å². The summed E-state index contributed by atoms with van der Waals surface area (Å²) in [5, 5.41) is 13.8. The Balaban J connectivity index is 1.69. The summed E-state index contributed by atoms with van der Waals surface area (Å²) in [4.78, 5) is 14.2. The van der Waals surface area contributed by atoms with Gasteiger partial charge in [0, 0.05) is 17.6 Å². The van der Waals surface area contributed by atoms with Crippen molar-refractivity contribution in [2.45, 2.75) is 12.8 Å². The molecule has 0 spiro atoms. The predicted octanol–water partition coefficient (Wildman–Crippen LogP) is 4.42. The molecule has 0 atom stereocenters. The lowest BCUT2D eigenvalue weighted by Crippen LogP contribution is -2.19. The Hall–Kier alpha value is -1.93. The topological polar surface area (TPSA) is 64.9 Å². The SMILES string of the molecule is O=C(N/N=C\c1ccc(N2CCCC2)c(F)c1)c1cc(Br)cc(Br)c1O. The van der Waals surface area contributed by atoms with Crippen LogP contribution in [0.4, 0.5) is 10.1 Å². The maximum Gasteiger partial charge on any atom is 0.275 e. The van der Waals surface area contributed by atoms with Gasteiger partial charge in [-0.2, -0.15) is 5.10 Å². The van der Waals surface area contributed by atoms with E-state index in [-0.39, 0.29) is 17.1 Å². The molecule has 2 aromatic rings. The largest absolute Gasteiger partial charge is 0.506 e. The van der Waals surface area contributed by atoms with Crippen molar-refractivity contribution in [2.75, 3.05) is 18.0 Å². The first kappa shape index (κ1) is 18.8. The Labute approximate surface area is 167 Å². The Bertz CT molecular complexity index is 868. The molecule has 8 heteroatoms. The Kier molecular flexibility index (Phi) is 5.93. The number of amides is 1. The van der Waals surface area contributed by atoms with Crippen LogP contribution in [0.2, 0.25) is 0 Å². The van der Waals surface area contributed by atoms with Gasteiger partial charge >= 0.3 is 0 Å². The third-order valence-electron chi connectivity index (χ3n) is 4.07. The first-order valence-corrected chi connectivity index (χ1v) is 9.60. The highest BCUT2D eigenvalue weighted by molar-refractivity contribution is 9.11. The molecule has 1 amide bonds. The maximum absolute atomic E-state index is 14.3. The fourth-order valence-electron chi connectivity index (χ4n) is 2.78. The lowest BCUT2D eigenvalue weighted by atomic mass is 10.2. The standard InChI is InChI=1S/C18H16Br2FN3O2/c19-12-8-13(17(25)14(20)9-12)18(26)23-22-10-11-3-4-16(15(21)7-11)24-5-1-2-6-24/h3-4,7-10,25H,1-2,5-6H2,(H,23,26)/b22-10-. The van der Waals surface area contributed by atoms with Crippen molar-refractivity contribution in [1.29, 1.82) is 0 Å². The molecule has 0 aliphatic carbocycles. The van der Waals surface area contributed by atoms with Crippen molar-refractivity contribution >= 4 is 49.7 Å². The summed E-state index contributed by atoms with van der Waals surface area (Å²) in [6.07, 6.45) is 3.51. The van der Waals surface area contributed by atoms with Crippen molar-refractivity contribution in [1.82, 2.24) is 5.43 Å². The molecule has 0 radical (unpaired) electrons. The second-order valence-electron chi connectivity index (χ2n) is 5.89. The van der Waals surface area contributed by atoms with Crippen molar-refractivity contribution < 1.29 is 14.3 Å². The van der Waals surface area contributed by atoms with Crippen LogP contribution in [0.5, 0.6) is 5.75 Å². The van der Waals surface area contributed by atoms with Gasteiger partial charge in [-0.25, -0.2) is 9.82 Å². The summed E-state index contributed by atoms with van der Waals surface area (Å²) in [7, 11) is 0. The summed E-state index contributed by atoms with van der Waals surface area (Å²) in [6, 6.07) is 7.96. The number of phenolic OH excluding ortho intramolecular Hbond substituents is 1. The molecule has 1 fully saturated rings. The number of hydrazone groups is 1. The summed E-state index contributed by atoms with van der Waals surface area (Å²) in [5.41, 5.74) is 3.52. The van der Waals surface area contributed by atoms with Crippen molar-refractivity contribution in [2.24, 2.45) is 5.10 Å². The van der Waals surface area contributed by atoms with E-state index in [1.165, 1.54) is 18.3 Å². The highest BCUT2D eigenvalue weighted by atomic mass is 79.9. The predicted molar refractivity (Wildman–Crippen MR) is 106 cm³/mol. The number of phenols is 1. The summed E-state index contributed by atoms with van der Waals surface area (Å²) in [6.45, 7) is 1.73. The number of carbonyl (C=O) groups excluding carboxylic acids is 1. The van der Waals surface area contributed by atoms with Gasteiger partial charge < -0.3 is 10.0 Å². The van der Waals surface area contributed by atoms with Crippen molar-refractivity contribution in [3.8, 4) is 5.75 Å². The van der Waals surface area contributed by atoms with Gasteiger partial charge in [0.25, 0.3) is 5.91 Å². The molecule has 0 aromatic heterocycles. The number of nitrogens with one attached hydrogen (secondary N) is 1. The number of hydrogen-bond acceptors (Lipinski definition) is 4. The number of nitrogens with zero attached hydrogens (tertiary/aromatic N) is 2. The van der Waals surface area contributed by atoms with Crippen LogP contribution >= 0.6 is 31.9 Å². The third-order valence-corrected chi connectivity index (χ3v) is 5.13. The minimum Gasteiger partial charge on any atom is -0.506 e. The molecular weight excluding hydrogens is 469 g/mol. The summed E-state index contributed by atoms with van der Waals surface area (Å²) in [5.74, 6) is -1.06. The van der Waals surface area contributed by atoms with Crippen LogP contribution in [0.25, 0.3) is 0 Å². The molecule has 1 aliphatic heterocycles. The van der Waals surface area contributed by atoms with Crippen molar-refractivity contribution in [3.63, 3.8) is 0 Å². The van der Waals surface area contributed by atoms with E-state index in [4.69, 9.17) is 0 Å². The highest BCUT2D eigenvalue weighted by Crippen LogP contribution is 2.31. The monoisotopic (exact) mass is 483 g/mol. The van der Waals surface area contributed by atoms with E-state index in [0.717, 1.165) is 25.9 Å². The number of benzene rings is 2. The van der Waals surface area contributed by atoms with Gasteiger partial charge in [-0.1, -0.05) is 22.0 Å². The Morgan fingerprint density at radius 3 is 2.65 bits per heavy atom. The maximum atomic E-state index is 14.3. The molecule has 1 heterocycles. The summed E-state index contributed by atoms with van der Waals surface area (Å²) < 4.78 is 15.3. The minimum atomic E-state index is -0.574. The number of halogens is 3. The van der Waals surface area contributed by atoms with E-state index in [2.05, 4.69) is 42.4 Å². The number of hydrogen-bond donors (Lipinski definition) is 2. The second-order valence-corrected chi connectivity index (χ2v) is 7.66. The van der Waals surface area contributed by atoms with Gasteiger partial charge in [0.05, 0.1) is 21.9 Å². The van der Waals surface area contributed by atoms with Gasteiger partial charge in [-0.05, 0) is 58.6 Å². The molecule has 3 rings (SSSR count). The number of anilines is 1. The highest BCUT2D eigenvalue weighted by Gasteiger charge is 2.16. The van der Waals surface area contributed by atoms with Crippen molar-refractivity contribution in [3.05, 3.63) is 56.2 Å². The molecule has 5 nitrogen and oxygen atoms in total. The molecule has 2 aromatic carbocycles. The van der Waals surface area contributed by atoms with Gasteiger partial charge in [-0.15, -0.1) is 0 Å². The second kappa shape index (κ2) is 8.18. The molecule has 1 aliphatic rings. The third kappa shape index (κ3) is 4.24. The van der Waals surface area contributed by atoms with Crippen LogP contribution in [0.15, 0.2) is 44.4 Å². The molecule has 0 bridgehead atoms. The quantitative estimate of drug-likeness (QED) is 0.498. The van der Waals surface area contributed by atoms with Gasteiger partial charge in [-0.3, -0.25) is 4.79 Å². The van der Waals surface area contributed by atoms with Gasteiger partial charge in [0.2, 0.25) is 0 Å². The lowest BCUT2D eigenvalue weighted by molar-refractivity contribution is 0.0952. The van der Waals surface area contributed by atoms with Crippen LogP contribution in [0, 0.1) is 5.82 Å². The van der Waals surface area contributed by atoms with E-state index < -0.39 is 5.91 Å². The first-order valence-electron chi connectivity index (χ1n) is 8.01. The first-order chi connectivity index (χ1) is 12.5. The fourth-order valence-corrected chi connectivity index (χ4v) is 4.01. The molecular formula is C18H16Br2FN3O2. The average Bonchev–Trinajstić information content (AvgIpc) is 3.12. The lowest BCUT2D eigenvalue weighted by Gasteiger charge is -2.18. The van der Waals surface area contributed by atoms with E-state index in [1.807, 2.05) is 4.90 Å². The fraction of sp³-hybridized carbons (Fsp3) is 0.222. The number of carbonyl (C=O) groups is 1. The average molecular weight is 485 g/mol. The van der Waals surface area contributed by atoms with Gasteiger partial charge in [0.1, 0.15) is 11.6 Å². The van der Waals surface area contributed by atoms with Crippen LogP contribution in [0.1, 0.15) is 28.8 Å². The minimum absolute atomic E-state index is 0.0685. The smallest absolute Gasteiger partial charge is 0.275 e. The molecule has 0 unspecified atom stereocenters. The van der Waals surface area contributed by atoms with E-state index in [9.17, 15) is 14.3 Å². The molecule has 2 N–H and O–H groups in total. The molecule has 26 heavy (non-hydrogen) atoms. The number of aromatic hydroxyl groups is 1. The zero-order valence-electron chi connectivity index (χ0n) is 13.7. The Morgan fingerprint density at radius 1 is 1.23 bits per heavy atom. The molecule has 136 valence electrons. The van der Waals surface area contributed by atoms with Crippen LogP contribution < -0.4 is 10.3 Å². The number of rotatable bonds is 4. The van der Waals surface area contributed by atoms with Crippen LogP contribution in [0.3, 0.4) is 0 Å². The van der Waals surface area contributed by atoms with E-state index >= 15 is 0 Å². The van der Waals surface area contributed by atoms with E-state index in [1.54, 1.807) is 18.2 Å². The Morgan fingerprint density at radius 2 is 1.96 bits per heavy atom. The summed E-state index contributed by atoms with van der Waals surface area (Å²) >= 11 is 6.43. The van der Waals surface area contributed by atoms with E-state index in [0.29, 0.717) is 20.2 Å². The van der Waals surface area contributed by atoms with Crippen LogP contribution in [-0.4, -0.2) is 30.3 Å².